The first-order valence-electron chi connectivity index (χ1n) is 6.17. The van der Waals surface area contributed by atoms with Gasteiger partial charge in [-0.25, -0.2) is 9.78 Å². The zero-order valence-corrected chi connectivity index (χ0v) is 10.9. The molecule has 0 amide bonds. The zero-order chi connectivity index (χ0) is 13.8. The minimum Gasteiger partial charge on any atom is -0.388 e. The minimum absolute atomic E-state index is 0.149. The van der Waals surface area contributed by atoms with Crippen molar-refractivity contribution in [3.05, 3.63) is 42.1 Å². The van der Waals surface area contributed by atoms with E-state index in [1.165, 1.54) is 0 Å². The third kappa shape index (κ3) is 3.37. The third-order valence-corrected chi connectivity index (χ3v) is 2.59. The molecule has 0 aliphatic carbocycles. The minimum atomic E-state index is -0.698. The van der Waals surface area contributed by atoms with E-state index in [4.69, 9.17) is 4.74 Å². The lowest BCUT2D eigenvalue weighted by Gasteiger charge is -2.05. The molecular formula is C15H15NO3. The van der Waals surface area contributed by atoms with Crippen molar-refractivity contribution >= 4 is 22.8 Å². The van der Waals surface area contributed by atoms with Crippen molar-refractivity contribution in [3.8, 4) is 0 Å². The number of hydrogen-bond donors (Lipinski definition) is 0. The van der Waals surface area contributed by atoms with E-state index in [2.05, 4.69) is 4.98 Å². The number of nitrogens with zero attached hydrogens (tertiary/aromatic N) is 1. The molecule has 1 aromatic heterocycles. The standard InChI is InChI=1S/C15H15NO3/c1-10(2)9-14(17)19-15(18)13-8-7-11-5-3-4-6-12(11)16-13/h3-8,10H,9H2,1-2H3. The molecule has 0 aliphatic rings. The van der Waals surface area contributed by atoms with Crippen LogP contribution in [0.4, 0.5) is 0 Å². The average molecular weight is 257 g/mol. The van der Waals surface area contributed by atoms with Crippen LogP contribution in [-0.2, 0) is 9.53 Å². The summed E-state index contributed by atoms with van der Waals surface area (Å²) in [4.78, 5) is 27.4. The third-order valence-electron chi connectivity index (χ3n) is 2.59. The molecule has 2 aromatic rings. The molecule has 19 heavy (non-hydrogen) atoms. The predicted molar refractivity (Wildman–Crippen MR) is 71.6 cm³/mol. The molecule has 0 atom stereocenters. The van der Waals surface area contributed by atoms with Crippen molar-refractivity contribution in [2.45, 2.75) is 20.3 Å². The number of benzene rings is 1. The Hall–Kier alpha value is -2.23. The Morgan fingerprint density at radius 1 is 1.16 bits per heavy atom. The Kier molecular flexibility index (Phi) is 3.90. The van der Waals surface area contributed by atoms with E-state index in [9.17, 15) is 9.59 Å². The Morgan fingerprint density at radius 2 is 1.89 bits per heavy atom. The molecule has 0 spiro atoms. The lowest BCUT2D eigenvalue weighted by Crippen LogP contribution is -2.15. The number of pyridine rings is 1. The van der Waals surface area contributed by atoms with Gasteiger partial charge in [-0.2, -0.15) is 0 Å². The van der Waals surface area contributed by atoms with Gasteiger partial charge in [-0.15, -0.1) is 0 Å². The molecule has 1 aromatic carbocycles. The van der Waals surface area contributed by atoms with Crippen LogP contribution in [0.3, 0.4) is 0 Å². The molecule has 1 heterocycles. The van der Waals surface area contributed by atoms with Gasteiger partial charge in [0, 0.05) is 11.8 Å². The fourth-order valence-corrected chi connectivity index (χ4v) is 1.71. The summed E-state index contributed by atoms with van der Waals surface area (Å²) in [6.07, 6.45) is 0.222. The van der Waals surface area contributed by atoms with Gasteiger partial charge < -0.3 is 4.74 Å². The van der Waals surface area contributed by atoms with Crippen LogP contribution in [0.1, 0.15) is 30.8 Å². The maximum atomic E-state index is 11.8. The van der Waals surface area contributed by atoms with E-state index in [0.717, 1.165) is 5.39 Å². The fourth-order valence-electron chi connectivity index (χ4n) is 1.71. The quantitative estimate of drug-likeness (QED) is 0.626. The number of para-hydroxylation sites is 1. The summed E-state index contributed by atoms with van der Waals surface area (Å²) in [6, 6.07) is 10.8. The van der Waals surface area contributed by atoms with Crippen molar-refractivity contribution in [1.82, 2.24) is 4.98 Å². The van der Waals surface area contributed by atoms with Gasteiger partial charge in [0.05, 0.1) is 5.52 Å². The van der Waals surface area contributed by atoms with Crippen LogP contribution in [0.15, 0.2) is 36.4 Å². The van der Waals surface area contributed by atoms with E-state index in [1.807, 2.05) is 38.1 Å². The average Bonchev–Trinajstić information content (AvgIpc) is 2.37. The molecule has 0 N–H and O–H groups in total. The first-order valence-corrected chi connectivity index (χ1v) is 6.17. The molecule has 0 unspecified atom stereocenters. The van der Waals surface area contributed by atoms with Crippen LogP contribution in [0.25, 0.3) is 10.9 Å². The number of fused-ring (bicyclic) bond motifs is 1. The summed E-state index contributed by atoms with van der Waals surface area (Å²) in [5.41, 5.74) is 0.851. The Bertz CT molecular complexity index is 620. The second-order valence-electron chi connectivity index (χ2n) is 4.75. The van der Waals surface area contributed by atoms with Gasteiger partial charge in [0.15, 0.2) is 0 Å². The zero-order valence-electron chi connectivity index (χ0n) is 10.9. The molecule has 0 bridgehead atoms. The molecular weight excluding hydrogens is 242 g/mol. The van der Waals surface area contributed by atoms with Gasteiger partial charge in [-0.05, 0) is 18.1 Å². The highest BCUT2D eigenvalue weighted by Gasteiger charge is 2.15. The summed E-state index contributed by atoms with van der Waals surface area (Å²) < 4.78 is 4.76. The van der Waals surface area contributed by atoms with Gasteiger partial charge in [-0.3, -0.25) is 4.79 Å². The largest absolute Gasteiger partial charge is 0.388 e. The summed E-state index contributed by atoms with van der Waals surface area (Å²) in [5, 5.41) is 0.938. The second kappa shape index (κ2) is 5.61. The van der Waals surface area contributed by atoms with Crippen LogP contribution in [0.2, 0.25) is 0 Å². The van der Waals surface area contributed by atoms with Crippen LogP contribution >= 0.6 is 0 Å². The van der Waals surface area contributed by atoms with Crippen molar-refractivity contribution in [1.29, 1.82) is 0 Å². The molecule has 4 nitrogen and oxygen atoms in total. The van der Waals surface area contributed by atoms with Gasteiger partial charge >= 0.3 is 11.9 Å². The lowest BCUT2D eigenvalue weighted by molar-refractivity contribution is -0.138. The molecule has 98 valence electrons. The number of aromatic nitrogens is 1. The van der Waals surface area contributed by atoms with Crippen molar-refractivity contribution in [3.63, 3.8) is 0 Å². The maximum absolute atomic E-state index is 11.8. The van der Waals surface area contributed by atoms with Crippen LogP contribution < -0.4 is 0 Å². The smallest absolute Gasteiger partial charge is 0.364 e. The summed E-state index contributed by atoms with van der Waals surface area (Å²) >= 11 is 0. The summed E-state index contributed by atoms with van der Waals surface area (Å²) in [7, 11) is 0. The van der Waals surface area contributed by atoms with Crippen molar-refractivity contribution in [2.24, 2.45) is 5.92 Å². The summed E-state index contributed by atoms with van der Waals surface area (Å²) in [5.74, 6) is -1.06. The van der Waals surface area contributed by atoms with Crippen LogP contribution in [-0.4, -0.2) is 16.9 Å². The summed E-state index contributed by atoms with van der Waals surface area (Å²) in [6.45, 7) is 3.78. The topological polar surface area (TPSA) is 56.3 Å². The Morgan fingerprint density at radius 3 is 2.63 bits per heavy atom. The first-order chi connectivity index (χ1) is 9.06. The van der Waals surface area contributed by atoms with E-state index in [0.29, 0.717) is 5.52 Å². The highest BCUT2D eigenvalue weighted by Crippen LogP contribution is 2.12. The molecule has 0 saturated heterocycles. The number of rotatable bonds is 3. The van der Waals surface area contributed by atoms with Crippen molar-refractivity contribution in [2.75, 3.05) is 0 Å². The number of esters is 2. The lowest BCUT2D eigenvalue weighted by atomic mass is 10.1. The molecule has 0 aliphatic heterocycles. The SMILES string of the molecule is CC(C)CC(=O)OC(=O)c1ccc2ccccc2n1. The normalized spacial score (nSPS) is 10.7. The first kappa shape index (κ1) is 13.2. The van der Waals surface area contributed by atoms with E-state index in [-0.39, 0.29) is 18.0 Å². The highest BCUT2D eigenvalue weighted by molar-refractivity contribution is 5.97. The molecule has 2 rings (SSSR count). The molecule has 0 saturated carbocycles. The predicted octanol–water partition coefficient (Wildman–Crippen LogP) is 2.96. The maximum Gasteiger partial charge on any atom is 0.364 e. The number of carbonyl (C=O) groups is 2. The van der Waals surface area contributed by atoms with Gasteiger partial charge in [-0.1, -0.05) is 38.1 Å². The van der Waals surface area contributed by atoms with Crippen LogP contribution in [0, 0.1) is 5.92 Å². The van der Waals surface area contributed by atoms with Gasteiger partial charge in [0.25, 0.3) is 0 Å². The number of carbonyl (C=O) groups excluding carboxylic acids is 2. The Balaban J connectivity index is 2.15. The van der Waals surface area contributed by atoms with Gasteiger partial charge in [0.2, 0.25) is 0 Å². The van der Waals surface area contributed by atoms with E-state index in [1.54, 1.807) is 12.1 Å². The molecule has 4 heteroatoms. The van der Waals surface area contributed by atoms with Crippen LogP contribution in [0.5, 0.6) is 0 Å². The molecule has 0 fully saturated rings. The van der Waals surface area contributed by atoms with Crippen molar-refractivity contribution < 1.29 is 14.3 Å². The van der Waals surface area contributed by atoms with Gasteiger partial charge in [0.1, 0.15) is 5.69 Å². The Labute approximate surface area is 111 Å². The number of ether oxygens (including phenoxy) is 1. The molecule has 0 radical (unpaired) electrons. The van der Waals surface area contributed by atoms with E-state index < -0.39 is 11.9 Å². The fraction of sp³-hybridized carbons (Fsp3) is 0.267. The number of hydrogen-bond acceptors (Lipinski definition) is 4. The monoisotopic (exact) mass is 257 g/mol. The van der Waals surface area contributed by atoms with E-state index >= 15 is 0 Å². The highest BCUT2D eigenvalue weighted by atomic mass is 16.6. The second-order valence-corrected chi connectivity index (χ2v) is 4.75.